The van der Waals surface area contributed by atoms with Gasteiger partial charge >= 0.3 is 5.97 Å². The van der Waals surface area contributed by atoms with Gasteiger partial charge in [-0.3, -0.25) is 9.59 Å². The van der Waals surface area contributed by atoms with Crippen LogP contribution in [0.5, 0.6) is 0 Å². The van der Waals surface area contributed by atoms with Crippen molar-refractivity contribution in [3.63, 3.8) is 0 Å². The summed E-state index contributed by atoms with van der Waals surface area (Å²) in [6.07, 6.45) is 0.330. The molecule has 1 aromatic heterocycles. The summed E-state index contributed by atoms with van der Waals surface area (Å²) in [5.41, 5.74) is 0.974. The summed E-state index contributed by atoms with van der Waals surface area (Å²) in [7, 11) is 2.89. The topological polar surface area (TPSA) is 46.6 Å². The van der Waals surface area contributed by atoms with E-state index in [0.29, 0.717) is 6.42 Å². The van der Waals surface area contributed by atoms with Crippen LogP contribution in [0, 0.1) is 0 Å². The van der Waals surface area contributed by atoms with Gasteiger partial charge in [0.2, 0.25) is 5.91 Å². The lowest BCUT2D eigenvalue weighted by Crippen LogP contribution is -2.33. The predicted molar refractivity (Wildman–Crippen MR) is 57.7 cm³/mol. The molecule has 0 N–H and O–H groups in total. The zero-order valence-corrected chi connectivity index (χ0v) is 9.54. The molecule has 0 bridgehead atoms. The fraction of sp³-hybridized carbons (Fsp3) is 0.400. The minimum atomic E-state index is -0.406. The van der Waals surface area contributed by atoms with Gasteiger partial charge in [-0.05, 0) is 22.4 Å². The van der Waals surface area contributed by atoms with Crippen LogP contribution >= 0.6 is 11.3 Å². The zero-order chi connectivity index (χ0) is 11.3. The Morgan fingerprint density at radius 3 is 2.80 bits per heavy atom. The van der Waals surface area contributed by atoms with Crippen molar-refractivity contribution in [2.24, 2.45) is 0 Å². The molecule has 1 rings (SSSR count). The normalized spacial score (nSPS) is 9.73. The molecule has 0 aliphatic rings. The van der Waals surface area contributed by atoms with Crippen molar-refractivity contribution >= 4 is 23.2 Å². The summed E-state index contributed by atoms with van der Waals surface area (Å²) in [4.78, 5) is 23.9. The van der Waals surface area contributed by atoms with Crippen LogP contribution in [0.2, 0.25) is 0 Å². The fourth-order valence-electron chi connectivity index (χ4n) is 1.05. The molecule has 0 unspecified atom stereocenters. The molecule has 1 amide bonds. The van der Waals surface area contributed by atoms with Crippen molar-refractivity contribution in [3.05, 3.63) is 22.4 Å². The van der Waals surface area contributed by atoms with E-state index in [1.807, 2.05) is 16.8 Å². The van der Waals surface area contributed by atoms with Crippen molar-refractivity contribution in [2.75, 3.05) is 20.7 Å². The summed E-state index contributed by atoms with van der Waals surface area (Å²) in [5, 5.41) is 3.84. The quantitative estimate of drug-likeness (QED) is 0.719. The number of ether oxygens (including phenoxy) is 1. The molecule has 5 heteroatoms. The second kappa shape index (κ2) is 5.50. The highest BCUT2D eigenvalue weighted by Gasteiger charge is 2.13. The van der Waals surface area contributed by atoms with Gasteiger partial charge in [-0.15, -0.1) is 0 Å². The number of nitrogens with zero attached hydrogens (tertiary/aromatic N) is 1. The van der Waals surface area contributed by atoms with Crippen LogP contribution in [0.1, 0.15) is 5.56 Å². The van der Waals surface area contributed by atoms with E-state index >= 15 is 0 Å². The third-order valence-corrected chi connectivity index (χ3v) is 2.69. The first-order chi connectivity index (χ1) is 7.13. The van der Waals surface area contributed by atoms with Gasteiger partial charge in [0.15, 0.2) is 0 Å². The highest BCUT2D eigenvalue weighted by Crippen LogP contribution is 2.07. The van der Waals surface area contributed by atoms with E-state index in [0.717, 1.165) is 5.56 Å². The number of hydrogen-bond acceptors (Lipinski definition) is 4. The van der Waals surface area contributed by atoms with Crippen molar-refractivity contribution in [1.29, 1.82) is 0 Å². The van der Waals surface area contributed by atoms with Gasteiger partial charge in [0.05, 0.1) is 13.5 Å². The van der Waals surface area contributed by atoms with Gasteiger partial charge in [-0.25, -0.2) is 0 Å². The van der Waals surface area contributed by atoms with Crippen molar-refractivity contribution in [1.82, 2.24) is 4.90 Å². The number of hydrogen-bond donors (Lipinski definition) is 0. The third kappa shape index (κ3) is 3.71. The van der Waals surface area contributed by atoms with Crippen LogP contribution in [0.3, 0.4) is 0 Å². The number of amides is 1. The first-order valence-corrected chi connectivity index (χ1v) is 5.39. The molecule has 0 aromatic carbocycles. The molecule has 82 valence electrons. The van der Waals surface area contributed by atoms with Crippen LogP contribution in [0.4, 0.5) is 0 Å². The number of likely N-dealkylation sites (N-methyl/N-ethyl adjacent to an activating group) is 1. The zero-order valence-electron chi connectivity index (χ0n) is 8.73. The minimum absolute atomic E-state index is 0.000525. The highest BCUT2D eigenvalue weighted by atomic mass is 32.1. The average Bonchev–Trinajstić information content (AvgIpc) is 2.70. The Morgan fingerprint density at radius 2 is 2.27 bits per heavy atom. The maximum atomic E-state index is 11.6. The summed E-state index contributed by atoms with van der Waals surface area (Å²) in [5.74, 6) is -0.491. The summed E-state index contributed by atoms with van der Waals surface area (Å²) < 4.78 is 4.48. The number of carbonyl (C=O) groups is 2. The maximum absolute atomic E-state index is 11.6. The fourth-order valence-corrected chi connectivity index (χ4v) is 1.72. The van der Waals surface area contributed by atoms with Crippen molar-refractivity contribution < 1.29 is 14.3 Å². The molecule has 0 atom stereocenters. The van der Waals surface area contributed by atoms with E-state index in [9.17, 15) is 9.59 Å². The minimum Gasteiger partial charge on any atom is -0.468 e. The Kier molecular flexibility index (Phi) is 4.30. The molecule has 0 radical (unpaired) electrons. The lowest BCUT2D eigenvalue weighted by Gasteiger charge is -2.14. The Morgan fingerprint density at radius 1 is 1.53 bits per heavy atom. The van der Waals surface area contributed by atoms with E-state index in [1.54, 1.807) is 18.4 Å². The lowest BCUT2D eigenvalue weighted by atomic mass is 10.2. The van der Waals surface area contributed by atoms with Crippen LogP contribution in [-0.2, 0) is 20.7 Å². The Bertz CT molecular complexity index is 334. The van der Waals surface area contributed by atoms with Crippen LogP contribution < -0.4 is 0 Å². The smallest absolute Gasteiger partial charge is 0.325 e. The first kappa shape index (κ1) is 11.7. The molecular weight excluding hydrogens is 214 g/mol. The molecule has 15 heavy (non-hydrogen) atoms. The molecule has 1 heterocycles. The van der Waals surface area contributed by atoms with Crippen LogP contribution in [-0.4, -0.2) is 37.5 Å². The second-order valence-electron chi connectivity index (χ2n) is 3.13. The van der Waals surface area contributed by atoms with Crippen LogP contribution in [0.15, 0.2) is 16.8 Å². The number of esters is 1. The molecule has 0 aliphatic carbocycles. The van der Waals surface area contributed by atoms with Gasteiger partial charge in [0.25, 0.3) is 0 Å². The SMILES string of the molecule is COC(=O)CN(C)C(=O)Cc1ccsc1. The Labute approximate surface area is 92.5 Å². The van der Waals surface area contributed by atoms with E-state index in [4.69, 9.17) is 0 Å². The first-order valence-electron chi connectivity index (χ1n) is 4.45. The molecule has 0 fully saturated rings. The molecule has 4 nitrogen and oxygen atoms in total. The van der Waals surface area contributed by atoms with Gasteiger partial charge in [0.1, 0.15) is 6.54 Å². The highest BCUT2D eigenvalue weighted by molar-refractivity contribution is 7.07. The Balaban J connectivity index is 2.43. The molecule has 1 aromatic rings. The van der Waals surface area contributed by atoms with Gasteiger partial charge < -0.3 is 9.64 Å². The summed E-state index contributed by atoms with van der Waals surface area (Å²) in [6, 6.07) is 1.90. The van der Waals surface area contributed by atoms with E-state index in [1.165, 1.54) is 12.0 Å². The van der Waals surface area contributed by atoms with Crippen LogP contribution in [0.25, 0.3) is 0 Å². The summed E-state index contributed by atoms with van der Waals surface area (Å²) >= 11 is 1.55. The average molecular weight is 227 g/mol. The predicted octanol–water partition coefficient (Wildman–Crippen LogP) is 0.922. The van der Waals surface area contributed by atoms with Crippen molar-refractivity contribution in [2.45, 2.75) is 6.42 Å². The molecule has 0 aliphatic heterocycles. The lowest BCUT2D eigenvalue weighted by molar-refractivity contribution is -0.145. The molecule has 0 saturated carbocycles. The number of carbonyl (C=O) groups excluding carboxylic acids is 2. The number of thiophene rings is 1. The van der Waals surface area contributed by atoms with E-state index in [2.05, 4.69) is 4.74 Å². The standard InChI is InChI=1S/C10H13NO3S/c1-11(6-10(13)14-2)9(12)5-8-3-4-15-7-8/h3-4,7H,5-6H2,1-2H3. The third-order valence-electron chi connectivity index (χ3n) is 1.96. The van der Waals surface area contributed by atoms with Gasteiger partial charge in [0, 0.05) is 7.05 Å². The van der Waals surface area contributed by atoms with E-state index in [-0.39, 0.29) is 12.5 Å². The second-order valence-corrected chi connectivity index (χ2v) is 3.91. The number of rotatable bonds is 4. The monoisotopic (exact) mass is 227 g/mol. The summed E-state index contributed by atoms with van der Waals surface area (Å²) in [6.45, 7) is -0.000525. The number of methoxy groups -OCH3 is 1. The molecule has 0 spiro atoms. The van der Waals surface area contributed by atoms with Gasteiger partial charge in [-0.2, -0.15) is 11.3 Å². The van der Waals surface area contributed by atoms with Crippen molar-refractivity contribution in [3.8, 4) is 0 Å². The molecular formula is C10H13NO3S. The maximum Gasteiger partial charge on any atom is 0.325 e. The largest absolute Gasteiger partial charge is 0.468 e. The molecule has 0 saturated heterocycles. The van der Waals surface area contributed by atoms with Gasteiger partial charge in [-0.1, -0.05) is 0 Å². The van der Waals surface area contributed by atoms with E-state index < -0.39 is 5.97 Å². The Hall–Kier alpha value is -1.36.